The molecular formula is C15H24N2O2. The molecule has 0 saturated carbocycles. The molecule has 1 unspecified atom stereocenters. The molecule has 4 heteroatoms. The van der Waals surface area contributed by atoms with Crippen molar-refractivity contribution >= 4 is 11.6 Å². The number of nitrogens with zero attached hydrogens (tertiary/aromatic N) is 1. The van der Waals surface area contributed by atoms with Gasteiger partial charge in [-0.25, -0.2) is 0 Å². The van der Waals surface area contributed by atoms with Crippen LogP contribution >= 0.6 is 0 Å². The molecule has 1 amide bonds. The van der Waals surface area contributed by atoms with Crippen molar-refractivity contribution < 1.29 is 9.53 Å². The zero-order valence-corrected chi connectivity index (χ0v) is 12.1. The molecule has 0 heterocycles. The Morgan fingerprint density at radius 2 is 2.00 bits per heavy atom. The van der Waals surface area contributed by atoms with E-state index in [4.69, 9.17) is 10.5 Å². The molecule has 1 aromatic carbocycles. The molecule has 106 valence electrons. The summed E-state index contributed by atoms with van der Waals surface area (Å²) < 4.78 is 5.51. The maximum absolute atomic E-state index is 11.9. The highest BCUT2D eigenvalue weighted by Gasteiger charge is 2.11. The first kappa shape index (κ1) is 15.3. The fraction of sp³-hybridized carbons (Fsp3) is 0.533. The second-order valence-corrected chi connectivity index (χ2v) is 4.96. The molecule has 0 bridgehead atoms. The molecule has 0 saturated heterocycles. The van der Waals surface area contributed by atoms with Crippen LogP contribution in [0.5, 0.6) is 5.75 Å². The van der Waals surface area contributed by atoms with Crippen LogP contribution in [0.15, 0.2) is 24.3 Å². The van der Waals surface area contributed by atoms with Gasteiger partial charge in [0, 0.05) is 19.3 Å². The smallest absolute Gasteiger partial charge is 0.225 e. The van der Waals surface area contributed by atoms with E-state index in [1.807, 2.05) is 19.2 Å². The number of hydrogen-bond acceptors (Lipinski definition) is 3. The zero-order chi connectivity index (χ0) is 14.3. The van der Waals surface area contributed by atoms with E-state index in [0.717, 1.165) is 18.7 Å². The van der Waals surface area contributed by atoms with Gasteiger partial charge < -0.3 is 15.4 Å². The van der Waals surface area contributed by atoms with Gasteiger partial charge in [-0.1, -0.05) is 20.3 Å². The van der Waals surface area contributed by atoms with E-state index in [1.165, 1.54) is 0 Å². The molecule has 0 aliphatic carbocycles. The molecule has 1 atom stereocenters. The van der Waals surface area contributed by atoms with Gasteiger partial charge >= 0.3 is 0 Å². The minimum atomic E-state index is 0.121. The minimum Gasteiger partial charge on any atom is -0.493 e. The van der Waals surface area contributed by atoms with Crippen molar-refractivity contribution in [3.8, 4) is 5.75 Å². The van der Waals surface area contributed by atoms with Crippen molar-refractivity contribution in [1.29, 1.82) is 0 Å². The Morgan fingerprint density at radius 1 is 1.37 bits per heavy atom. The van der Waals surface area contributed by atoms with Gasteiger partial charge in [0.25, 0.3) is 0 Å². The summed E-state index contributed by atoms with van der Waals surface area (Å²) in [5.74, 6) is 1.40. The lowest BCUT2D eigenvalue weighted by molar-refractivity contribution is -0.130. The standard InChI is InChI=1S/C15H24N2O2/c1-4-12(2)11-17(3)15(18)9-10-19-14-7-5-13(16)6-8-14/h5-8,12H,4,9-11,16H2,1-3H3. The summed E-state index contributed by atoms with van der Waals surface area (Å²) in [6.07, 6.45) is 1.48. The largest absolute Gasteiger partial charge is 0.493 e. The lowest BCUT2D eigenvalue weighted by Gasteiger charge is -2.20. The van der Waals surface area contributed by atoms with Crippen LogP contribution < -0.4 is 10.5 Å². The monoisotopic (exact) mass is 264 g/mol. The predicted molar refractivity (Wildman–Crippen MR) is 78.1 cm³/mol. The molecule has 19 heavy (non-hydrogen) atoms. The van der Waals surface area contributed by atoms with Gasteiger partial charge in [-0.15, -0.1) is 0 Å². The zero-order valence-electron chi connectivity index (χ0n) is 12.1. The topological polar surface area (TPSA) is 55.6 Å². The third-order valence-electron chi connectivity index (χ3n) is 3.17. The quantitative estimate of drug-likeness (QED) is 0.770. The SMILES string of the molecule is CCC(C)CN(C)C(=O)CCOc1ccc(N)cc1. The Bertz CT molecular complexity index is 390. The van der Waals surface area contributed by atoms with Crippen LogP contribution in [-0.2, 0) is 4.79 Å². The summed E-state index contributed by atoms with van der Waals surface area (Å²) in [5, 5.41) is 0. The fourth-order valence-corrected chi connectivity index (χ4v) is 1.71. The van der Waals surface area contributed by atoms with Crippen LogP contribution in [0.25, 0.3) is 0 Å². The lowest BCUT2D eigenvalue weighted by atomic mass is 10.1. The van der Waals surface area contributed by atoms with Crippen molar-refractivity contribution in [2.75, 3.05) is 25.9 Å². The summed E-state index contributed by atoms with van der Waals surface area (Å²) in [6, 6.07) is 7.18. The first-order valence-electron chi connectivity index (χ1n) is 6.75. The highest BCUT2D eigenvalue weighted by Crippen LogP contribution is 2.13. The van der Waals surface area contributed by atoms with E-state index < -0.39 is 0 Å². The highest BCUT2D eigenvalue weighted by molar-refractivity contribution is 5.76. The van der Waals surface area contributed by atoms with E-state index in [-0.39, 0.29) is 5.91 Å². The third-order valence-corrected chi connectivity index (χ3v) is 3.17. The van der Waals surface area contributed by atoms with Crippen molar-refractivity contribution in [3.63, 3.8) is 0 Å². The number of nitrogens with two attached hydrogens (primary N) is 1. The molecule has 0 aliphatic rings. The lowest BCUT2D eigenvalue weighted by Crippen LogP contribution is -2.31. The minimum absolute atomic E-state index is 0.121. The van der Waals surface area contributed by atoms with Gasteiger partial charge in [0.2, 0.25) is 5.91 Å². The van der Waals surface area contributed by atoms with Crippen LogP contribution in [0.2, 0.25) is 0 Å². The number of hydrogen-bond donors (Lipinski definition) is 1. The average molecular weight is 264 g/mol. The second kappa shape index (κ2) is 7.67. The molecular weight excluding hydrogens is 240 g/mol. The van der Waals surface area contributed by atoms with Crippen molar-refractivity contribution in [2.24, 2.45) is 5.92 Å². The van der Waals surface area contributed by atoms with Crippen LogP contribution in [0.4, 0.5) is 5.69 Å². The highest BCUT2D eigenvalue weighted by atomic mass is 16.5. The normalized spacial score (nSPS) is 11.9. The van der Waals surface area contributed by atoms with Crippen LogP contribution in [0.1, 0.15) is 26.7 Å². The maximum atomic E-state index is 11.9. The number of benzene rings is 1. The number of rotatable bonds is 7. The third kappa shape index (κ3) is 5.64. The molecule has 1 rings (SSSR count). The Kier molecular flexibility index (Phi) is 6.19. The average Bonchev–Trinajstić information content (AvgIpc) is 2.40. The van der Waals surface area contributed by atoms with Gasteiger partial charge in [-0.3, -0.25) is 4.79 Å². The van der Waals surface area contributed by atoms with Crippen LogP contribution in [0.3, 0.4) is 0 Å². The van der Waals surface area contributed by atoms with Crippen molar-refractivity contribution in [1.82, 2.24) is 4.90 Å². The van der Waals surface area contributed by atoms with Crippen molar-refractivity contribution in [2.45, 2.75) is 26.7 Å². The van der Waals surface area contributed by atoms with Gasteiger partial charge in [-0.2, -0.15) is 0 Å². The summed E-state index contributed by atoms with van der Waals surface area (Å²) in [4.78, 5) is 13.6. The number of ether oxygens (including phenoxy) is 1. The molecule has 0 fully saturated rings. The Balaban J connectivity index is 2.28. The summed E-state index contributed by atoms with van der Waals surface area (Å²) >= 11 is 0. The van der Waals surface area contributed by atoms with E-state index in [1.54, 1.807) is 17.0 Å². The number of anilines is 1. The van der Waals surface area contributed by atoms with Gasteiger partial charge in [-0.05, 0) is 30.2 Å². The van der Waals surface area contributed by atoms with Crippen LogP contribution in [0, 0.1) is 5.92 Å². The van der Waals surface area contributed by atoms with Gasteiger partial charge in [0.15, 0.2) is 0 Å². The second-order valence-electron chi connectivity index (χ2n) is 4.96. The molecule has 0 radical (unpaired) electrons. The number of carbonyl (C=O) groups is 1. The molecule has 2 N–H and O–H groups in total. The predicted octanol–water partition coefficient (Wildman–Crippen LogP) is 2.54. The van der Waals surface area contributed by atoms with Crippen LogP contribution in [-0.4, -0.2) is 31.0 Å². The number of carbonyl (C=O) groups excluding carboxylic acids is 1. The maximum Gasteiger partial charge on any atom is 0.225 e. The van der Waals surface area contributed by atoms with E-state index in [0.29, 0.717) is 24.6 Å². The number of nitrogen functional groups attached to an aromatic ring is 1. The van der Waals surface area contributed by atoms with Gasteiger partial charge in [0.05, 0.1) is 13.0 Å². The summed E-state index contributed by atoms with van der Waals surface area (Å²) in [5.41, 5.74) is 6.29. The Hall–Kier alpha value is -1.71. The first-order valence-corrected chi connectivity index (χ1v) is 6.75. The molecule has 4 nitrogen and oxygen atoms in total. The summed E-state index contributed by atoms with van der Waals surface area (Å²) in [7, 11) is 1.84. The van der Waals surface area contributed by atoms with E-state index in [2.05, 4.69) is 13.8 Å². The van der Waals surface area contributed by atoms with E-state index >= 15 is 0 Å². The Labute approximate surface area is 115 Å². The Morgan fingerprint density at radius 3 is 2.58 bits per heavy atom. The summed E-state index contributed by atoms with van der Waals surface area (Å²) in [6.45, 7) is 5.48. The van der Waals surface area contributed by atoms with Crippen molar-refractivity contribution in [3.05, 3.63) is 24.3 Å². The number of amides is 1. The molecule has 1 aromatic rings. The van der Waals surface area contributed by atoms with Gasteiger partial charge in [0.1, 0.15) is 5.75 Å². The molecule has 0 aliphatic heterocycles. The first-order chi connectivity index (χ1) is 9.02. The molecule has 0 aromatic heterocycles. The fourth-order valence-electron chi connectivity index (χ4n) is 1.71. The van der Waals surface area contributed by atoms with E-state index in [9.17, 15) is 4.79 Å². The molecule has 0 spiro atoms.